The van der Waals surface area contributed by atoms with Gasteiger partial charge in [0.05, 0.1) is 13.2 Å². The molecule has 0 radical (unpaired) electrons. The van der Waals surface area contributed by atoms with Gasteiger partial charge in [0.2, 0.25) is 11.8 Å². The van der Waals surface area contributed by atoms with Crippen LogP contribution in [0.1, 0.15) is 59.3 Å². The average molecular weight is 455 g/mol. The lowest BCUT2D eigenvalue weighted by molar-refractivity contribution is -0.136. The van der Waals surface area contributed by atoms with Crippen molar-refractivity contribution in [3.05, 3.63) is 71.8 Å². The van der Waals surface area contributed by atoms with Crippen LogP contribution in [0.25, 0.3) is 0 Å². The molecule has 6 heteroatoms. The number of rotatable bonds is 12. The Morgan fingerprint density at radius 2 is 1.82 bits per heavy atom. The first-order valence-corrected chi connectivity index (χ1v) is 11.9. The number of hydrogen-bond acceptors (Lipinski definition) is 4. The predicted molar refractivity (Wildman–Crippen MR) is 132 cm³/mol. The number of allylic oxidation sites excluding steroid dienone is 8. The Balaban J connectivity index is 1.89. The molecule has 2 atom stereocenters. The highest BCUT2D eigenvalue weighted by molar-refractivity contribution is 5.97. The number of amides is 2. The maximum Gasteiger partial charge on any atom is 0.243 e. The molecule has 2 amide bonds. The van der Waals surface area contributed by atoms with Gasteiger partial charge < -0.3 is 20.1 Å². The van der Waals surface area contributed by atoms with Gasteiger partial charge in [-0.15, -0.1) is 0 Å². The third-order valence-electron chi connectivity index (χ3n) is 5.43. The monoisotopic (exact) mass is 454 g/mol. The van der Waals surface area contributed by atoms with Gasteiger partial charge in [0.1, 0.15) is 23.6 Å². The molecule has 180 valence electrons. The normalized spacial score (nSPS) is 24.3. The Morgan fingerprint density at radius 3 is 2.55 bits per heavy atom. The highest BCUT2D eigenvalue weighted by Gasteiger charge is 2.33. The number of carbonyl (C=O) groups excluding carboxylic acids is 2. The highest BCUT2D eigenvalue weighted by Crippen LogP contribution is 2.18. The van der Waals surface area contributed by atoms with E-state index in [0.29, 0.717) is 38.2 Å². The number of nitrogens with one attached hydrogen (secondary N) is 2. The fourth-order valence-electron chi connectivity index (χ4n) is 3.58. The van der Waals surface area contributed by atoms with Gasteiger partial charge in [-0.1, -0.05) is 37.3 Å². The highest BCUT2D eigenvalue weighted by atomic mass is 16.5. The van der Waals surface area contributed by atoms with Crippen LogP contribution in [-0.4, -0.2) is 37.1 Å². The molecule has 2 N–H and O–H groups in total. The van der Waals surface area contributed by atoms with E-state index in [9.17, 15) is 9.59 Å². The van der Waals surface area contributed by atoms with E-state index in [4.69, 9.17) is 9.47 Å². The molecule has 2 rings (SSSR count). The van der Waals surface area contributed by atoms with Crippen molar-refractivity contribution in [1.29, 1.82) is 0 Å². The average Bonchev–Trinajstić information content (AvgIpc) is 2.79. The Hall–Kier alpha value is -3.02. The summed E-state index contributed by atoms with van der Waals surface area (Å²) in [5.74, 6) is 1.30. The minimum absolute atomic E-state index is 0.133. The quantitative estimate of drug-likeness (QED) is 0.329. The number of piperazine rings is 1. The molecule has 0 aromatic carbocycles. The maximum atomic E-state index is 12.7. The van der Waals surface area contributed by atoms with Gasteiger partial charge in [-0.3, -0.25) is 9.59 Å². The van der Waals surface area contributed by atoms with Crippen LogP contribution in [-0.2, 0) is 19.1 Å². The first-order chi connectivity index (χ1) is 16.0. The van der Waals surface area contributed by atoms with Gasteiger partial charge in [0, 0.05) is 6.42 Å². The molecule has 0 saturated carbocycles. The molecule has 1 heterocycles. The van der Waals surface area contributed by atoms with Crippen molar-refractivity contribution in [1.82, 2.24) is 10.6 Å². The van der Waals surface area contributed by atoms with E-state index in [1.807, 2.05) is 38.2 Å². The molecule has 0 aromatic heterocycles. The van der Waals surface area contributed by atoms with Crippen molar-refractivity contribution in [2.24, 2.45) is 0 Å². The lowest BCUT2D eigenvalue weighted by atomic mass is 9.97. The summed E-state index contributed by atoms with van der Waals surface area (Å²) in [5.41, 5.74) is 2.12. The van der Waals surface area contributed by atoms with Crippen LogP contribution in [0.3, 0.4) is 0 Å². The summed E-state index contributed by atoms with van der Waals surface area (Å²) in [5, 5.41) is 5.81. The fourth-order valence-corrected chi connectivity index (χ4v) is 3.58. The van der Waals surface area contributed by atoms with Crippen LogP contribution in [0.4, 0.5) is 0 Å². The first kappa shape index (κ1) is 26.2. The van der Waals surface area contributed by atoms with E-state index in [2.05, 4.69) is 36.3 Å². The van der Waals surface area contributed by atoms with Crippen LogP contribution in [0.15, 0.2) is 71.8 Å². The summed E-state index contributed by atoms with van der Waals surface area (Å²) in [6, 6.07) is -1.08. The van der Waals surface area contributed by atoms with E-state index < -0.39 is 12.1 Å². The summed E-state index contributed by atoms with van der Waals surface area (Å²) in [7, 11) is 0. The van der Waals surface area contributed by atoms with Crippen molar-refractivity contribution in [2.75, 3.05) is 13.2 Å². The van der Waals surface area contributed by atoms with E-state index >= 15 is 0 Å². The molecule has 33 heavy (non-hydrogen) atoms. The van der Waals surface area contributed by atoms with Gasteiger partial charge in [0.25, 0.3) is 0 Å². The van der Waals surface area contributed by atoms with Crippen molar-refractivity contribution < 1.29 is 19.1 Å². The lowest BCUT2D eigenvalue weighted by Gasteiger charge is -2.30. The standard InChI is InChI=1S/C27H38N2O4/c1-5-18-33-23-11-9-8-10-21(14-16-23)19-25-27(31)28-24(26(30)29-25)17-13-20(4)12-15-22(6-2)32-7-3/h6,10-12,14-16,24-25H,2,5,7-9,13,17-19H2,1,3-4H3,(H,28,31)(H,29,30)/b16-14-,20-12+,21-10?,22-15+,23-11+. The van der Waals surface area contributed by atoms with Crippen LogP contribution in [0, 0.1) is 0 Å². The van der Waals surface area contributed by atoms with Crippen LogP contribution < -0.4 is 10.6 Å². The van der Waals surface area contributed by atoms with Crippen molar-refractivity contribution in [3.8, 4) is 0 Å². The second-order valence-electron chi connectivity index (χ2n) is 8.23. The van der Waals surface area contributed by atoms with Crippen molar-refractivity contribution >= 4 is 11.8 Å². The second kappa shape index (κ2) is 14.2. The fraction of sp³-hybridized carbons (Fsp3) is 0.481. The molecule has 1 aliphatic heterocycles. The Labute approximate surface area is 198 Å². The molecule has 2 unspecified atom stereocenters. The maximum absolute atomic E-state index is 12.7. The van der Waals surface area contributed by atoms with Gasteiger partial charge >= 0.3 is 0 Å². The van der Waals surface area contributed by atoms with Crippen molar-refractivity contribution in [2.45, 2.75) is 71.4 Å². The van der Waals surface area contributed by atoms with Gasteiger partial charge in [0.15, 0.2) is 0 Å². The van der Waals surface area contributed by atoms with Crippen LogP contribution >= 0.6 is 0 Å². The molecule has 1 saturated heterocycles. The van der Waals surface area contributed by atoms with Gasteiger partial charge in [-0.25, -0.2) is 0 Å². The molecule has 1 fully saturated rings. The topological polar surface area (TPSA) is 76.7 Å². The summed E-state index contributed by atoms with van der Waals surface area (Å²) in [4.78, 5) is 25.3. The van der Waals surface area contributed by atoms with Gasteiger partial charge in [-0.05, 0) is 75.8 Å². The molecule has 0 spiro atoms. The Kier molecular flexibility index (Phi) is 11.3. The molecule has 6 nitrogen and oxygen atoms in total. The first-order valence-electron chi connectivity index (χ1n) is 11.9. The summed E-state index contributed by atoms with van der Waals surface area (Å²) >= 11 is 0. The van der Waals surface area contributed by atoms with Gasteiger partial charge in [-0.2, -0.15) is 0 Å². The second-order valence-corrected chi connectivity index (χ2v) is 8.23. The summed E-state index contributed by atoms with van der Waals surface area (Å²) in [6.45, 7) is 11.0. The zero-order valence-corrected chi connectivity index (χ0v) is 20.2. The summed E-state index contributed by atoms with van der Waals surface area (Å²) in [6.07, 6.45) is 18.0. The largest absolute Gasteiger partial charge is 0.494 e. The molecule has 1 aliphatic carbocycles. The van der Waals surface area contributed by atoms with E-state index in [0.717, 1.165) is 36.2 Å². The third-order valence-corrected chi connectivity index (χ3v) is 5.43. The van der Waals surface area contributed by atoms with Crippen LogP contribution in [0.2, 0.25) is 0 Å². The Bertz CT molecular complexity index is 848. The minimum atomic E-state index is -0.561. The molecule has 0 bridgehead atoms. The zero-order valence-electron chi connectivity index (χ0n) is 20.2. The van der Waals surface area contributed by atoms with Crippen molar-refractivity contribution in [3.63, 3.8) is 0 Å². The molecule has 0 aromatic rings. The SMILES string of the molecule is C=C/C(=C\C=C(/C)CCC1NC(=O)C(CC2=CCC/C=C(OCCC)\C=C/2)NC1=O)OCC. The molecular weight excluding hydrogens is 416 g/mol. The minimum Gasteiger partial charge on any atom is -0.494 e. The van der Waals surface area contributed by atoms with E-state index in [1.165, 1.54) is 0 Å². The predicted octanol–water partition coefficient (Wildman–Crippen LogP) is 4.78. The number of ether oxygens (including phenoxy) is 2. The molecule has 2 aliphatic rings. The Morgan fingerprint density at radius 1 is 1.09 bits per heavy atom. The number of carbonyl (C=O) groups is 2. The third kappa shape index (κ3) is 9.16. The lowest BCUT2D eigenvalue weighted by Crippen LogP contribution is -2.61. The number of hydrogen-bond donors (Lipinski definition) is 2. The van der Waals surface area contributed by atoms with E-state index in [1.54, 1.807) is 6.08 Å². The molecular formula is C27H38N2O4. The zero-order chi connectivity index (χ0) is 24.1. The van der Waals surface area contributed by atoms with E-state index in [-0.39, 0.29) is 11.8 Å². The smallest absolute Gasteiger partial charge is 0.243 e. The van der Waals surface area contributed by atoms with Crippen LogP contribution in [0.5, 0.6) is 0 Å². The summed E-state index contributed by atoms with van der Waals surface area (Å²) < 4.78 is 11.2.